The maximum atomic E-state index is 12.5. The molecular formula is C20H19N3O4. The van der Waals surface area contributed by atoms with E-state index in [9.17, 15) is 20.2 Å². The number of carbonyl (C=O) groups excluding carboxylic acids is 1. The van der Waals surface area contributed by atoms with Crippen LogP contribution in [0.1, 0.15) is 25.5 Å². The van der Waals surface area contributed by atoms with E-state index in [0.717, 1.165) is 12.8 Å². The molecule has 2 aromatic rings. The number of likely N-dealkylation sites (tertiary alicyclic amines) is 1. The third kappa shape index (κ3) is 4.23. The van der Waals surface area contributed by atoms with Crippen molar-refractivity contribution < 1.29 is 14.1 Å². The van der Waals surface area contributed by atoms with Crippen LogP contribution in [0.2, 0.25) is 0 Å². The van der Waals surface area contributed by atoms with Crippen LogP contribution in [0.15, 0.2) is 46.4 Å². The van der Waals surface area contributed by atoms with Crippen LogP contribution in [0.5, 0.6) is 0 Å². The van der Waals surface area contributed by atoms with Gasteiger partial charge in [0.15, 0.2) is 0 Å². The summed E-state index contributed by atoms with van der Waals surface area (Å²) in [5, 5.41) is 20.1. The number of amides is 1. The Kier molecular flexibility index (Phi) is 5.36. The van der Waals surface area contributed by atoms with Crippen molar-refractivity contribution in [2.45, 2.75) is 19.8 Å². The Morgan fingerprint density at radius 2 is 1.93 bits per heavy atom. The van der Waals surface area contributed by atoms with E-state index < -0.39 is 4.92 Å². The molecule has 2 heterocycles. The molecule has 0 N–H and O–H groups in total. The Balaban J connectivity index is 1.77. The van der Waals surface area contributed by atoms with Crippen molar-refractivity contribution in [3.8, 4) is 17.4 Å². The number of hydrogen-bond acceptors (Lipinski definition) is 5. The highest BCUT2D eigenvalue weighted by Gasteiger charge is 2.23. The smallest absolute Gasteiger partial charge is 0.269 e. The molecule has 7 heteroatoms. The molecule has 0 unspecified atom stereocenters. The Bertz CT molecular complexity index is 913. The van der Waals surface area contributed by atoms with Crippen molar-refractivity contribution in [1.29, 1.82) is 5.26 Å². The van der Waals surface area contributed by atoms with Gasteiger partial charge in [-0.2, -0.15) is 5.26 Å². The highest BCUT2D eigenvalue weighted by Crippen LogP contribution is 2.26. The van der Waals surface area contributed by atoms with Crippen LogP contribution in [-0.4, -0.2) is 28.8 Å². The summed E-state index contributed by atoms with van der Waals surface area (Å²) in [6, 6.07) is 11.3. The molecule has 3 rings (SSSR count). The SMILES string of the molecule is CC1CCN(C(=O)/C(C#N)=C\c2ccc(-c3ccc([N+](=O)[O-])cc3)o2)CC1. The third-order valence-electron chi connectivity index (χ3n) is 4.70. The fourth-order valence-electron chi connectivity index (χ4n) is 3.00. The lowest BCUT2D eigenvalue weighted by atomic mass is 9.98. The van der Waals surface area contributed by atoms with Gasteiger partial charge in [-0.05, 0) is 43.0 Å². The molecule has 1 aliphatic heterocycles. The summed E-state index contributed by atoms with van der Waals surface area (Å²) in [6.07, 6.45) is 3.32. The summed E-state index contributed by atoms with van der Waals surface area (Å²) in [6.45, 7) is 3.47. The minimum absolute atomic E-state index is 0.00126. The quantitative estimate of drug-likeness (QED) is 0.352. The largest absolute Gasteiger partial charge is 0.457 e. The number of nitriles is 1. The molecule has 0 radical (unpaired) electrons. The predicted molar refractivity (Wildman–Crippen MR) is 99.4 cm³/mol. The molecule has 0 spiro atoms. The molecule has 0 aliphatic carbocycles. The molecule has 1 fully saturated rings. The maximum absolute atomic E-state index is 12.5. The van der Waals surface area contributed by atoms with Crippen molar-refractivity contribution in [2.75, 3.05) is 13.1 Å². The van der Waals surface area contributed by atoms with Crippen LogP contribution in [0.3, 0.4) is 0 Å². The van der Waals surface area contributed by atoms with E-state index in [2.05, 4.69) is 6.92 Å². The number of furan rings is 1. The fraction of sp³-hybridized carbons (Fsp3) is 0.300. The number of rotatable bonds is 4. The average Bonchev–Trinajstić information content (AvgIpc) is 3.15. The topological polar surface area (TPSA) is 100 Å². The minimum Gasteiger partial charge on any atom is -0.457 e. The molecule has 1 aromatic heterocycles. The van der Waals surface area contributed by atoms with Crippen LogP contribution in [-0.2, 0) is 4.79 Å². The van der Waals surface area contributed by atoms with E-state index in [1.54, 1.807) is 29.2 Å². The molecule has 0 saturated carbocycles. The molecule has 138 valence electrons. The molecule has 1 aromatic carbocycles. The first-order valence-corrected chi connectivity index (χ1v) is 8.73. The number of non-ortho nitro benzene ring substituents is 1. The van der Waals surface area contributed by atoms with E-state index in [0.29, 0.717) is 36.1 Å². The normalized spacial score (nSPS) is 15.4. The number of nitro groups is 1. The van der Waals surface area contributed by atoms with E-state index in [1.807, 2.05) is 6.07 Å². The maximum Gasteiger partial charge on any atom is 0.269 e. The number of benzene rings is 1. The van der Waals surface area contributed by atoms with Crippen LogP contribution in [0, 0.1) is 27.4 Å². The summed E-state index contributed by atoms with van der Waals surface area (Å²) in [5.74, 6) is 1.21. The van der Waals surface area contributed by atoms with E-state index in [1.165, 1.54) is 18.2 Å². The monoisotopic (exact) mass is 365 g/mol. The van der Waals surface area contributed by atoms with E-state index in [4.69, 9.17) is 4.42 Å². The standard InChI is InChI=1S/C20H19N3O4/c1-14-8-10-22(11-9-14)20(24)16(13-21)12-18-6-7-19(27-18)15-2-4-17(5-3-15)23(25)26/h2-7,12,14H,8-11H2,1H3/b16-12-. The lowest BCUT2D eigenvalue weighted by Crippen LogP contribution is -2.38. The van der Waals surface area contributed by atoms with Gasteiger partial charge in [-0.25, -0.2) is 0 Å². The second-order valence-electron chi connectivity index (χ2n) is 6.65. The number of nitrogens with zero attached hydrogens (tertiary/aromatic N) is 3. The summed E-state index contributed by atoms with van der Waals surface area (Å²) in [7, 11) is 0. The summed E-state index contributed by atoms with van der Waals surface area (Å²) in [5.41, 5.74) is 0.711. The third-order valence-corrected chi connectivity index (χ3v) is 4.70. The molecule has 1 saturated heterocycles. The summed E-state index contributed by atoms with van der Waals surface area (Å²) >= 11 is 0. The second-order valence-corrected chi connectivity index (χ2v) is 6.65. The minimum atomic E-state index is -0.466. The van der Waals surface area contributed by atoms with Gasteiger partial charge in [0, 0.05) is 36.9 Å². The lowest BCUT2D eigenvalue weighted by molar-refractivity contribution is -0.384. The van der Waals surface area contributed by atoms with Gasteiger partial charge in [0.2, 0.25) is 0 Å². The van der Waals surface area contributed by atoms with Gasteiger partial charge in [0.1, 0.15) is 23.2 Å². The average molecular weight is 365 g/mol. The first-order chi connectivity index (χ1) is 13.0. The van der Waals surface area contributed by atoms with Crippen LogP contribution in [0.4, 0.5) is 5.69 Å². The van der Waals surface area contributed by atoms with Gasteiger partial charge in [0.05, 0.1) is 4.92 Å². The molecule has 1 amide bonds. The number of nitro benzene ring substituents is 1. The van der Waals surface area contributed by atoms with Gasteiger partial charge >= 0.3 is 0 Å². The highest BCUT2D eigenvalue weighted by atomic mass is 16.6. The zero-order valence-corrected chi connectivity index (χ0v) is 14.9. The van der Waals surface area contributed by atoms with Crippen LogP contribution < -0.4 is 0 Å². The van der Waals surface area contributed by atoms with E-state index in [-0.39, 0.29) is 17.2 Å². The Hall–Kier alpha value is -3.40. The van der Waals surface area contributed by atoms with Crippen molar-refractivity contribution in [2.24, 2.45) is 5.92 Å². The second kappa shape index (κ2) is 7.87. The Labute approximate surface area is 156 Å². The zero-order valence-electron chi connectivity index (χ0n) is 14.9. The van der Waals surface area contributed by atoms with Crippen molar-refractivity contribution >= 4 is 17.7 Å². The summed E-state index contributed by atoms with van der Waals surface area (Å²) in [4.78, 5) is 24.5. The highest BCUT2D eigenvalue weighted by molar-refractivity contribution is 6.01. The number of hydrogen-bond donors (Lipinski definition) is 0. The fourth-order valence-corrected chi connectivity index (χ4v) is 3.00. The van der Waals surface area contributed by atoms with E-state index >= 15 is 0 Å². The Morgan fingerprint density at radius 1 is 1.26 bits per heavy atom. The number of carbonyl (C=O) groups is 1. The van der Waals surface area contributed by atoms with Gasteiger partial charge in [-0.3, -0.25) is 14.9 Å². The Morgan fingerprint density at radius 3 is 2.52 bits per heavy atom. The first kappa shape index (κ1) is 18.4. The molecule has 7 nitrogen and oxygen atoms in total. The summed E-state index contributed by atoms with van der Waals surface area (Å²) < 4.78 is 5.69. The molecule has 0 bridgehead atoms. The number of piperidine rings is 1. The van der Waals surface area contributed by atoms with Crippen LogP contribution >= 0.6 is 0 Å². The predicted octanol–water partition coefficient (Wildman–Crippen LogP) is 4.02. The molecule has 0 atom stereocenters. The van der Waals surface area contributed by atoms with Crippen LogP contribution in [0.25, 0.3) is 17.4 Å². The van der Waals surface area contributed by atoms with Crippen molar-refractivity contribution in [1.82, 2.24) is 4.90 Å². The van der Waals surface area contributed by atoms with Gasteiger partial charge < -0.3 is 9.32 Å². The lowest BCUT2D eigenvalue weighted by Gasteiger charge is -2.30. The first-order valence-electron chi connectivity index (χ1n) is 8.73. The van der Waals surface area contributed by atoms with Gasteiger partial charge in [-0.15, -0.1) is 0 Å². The van der Waals surface area contributed by atoms with Gasteiger partial charge in [0.25, 0.3) is 11.6 Å². The zero-order chi connectivity index (χ0) is 19.4. The van der Waals surface area contributed by atoms with Crippen molar-refractivity contribution in [3.05, 3.63) is 57.8 Å². The van der Waals surface area contributed by atoms with Gasteiger partial charge in [-0.1, -0.05) is 6.92 Å². The molecule has 1 aliphatic rings. The molecular weight excluding hydrogens is 346 g/mol. The van der Waals surface area contributed by atoms with Crippen molar-refractivity contribution in [3.63, 3.8) is 0 Å². The molecule has 27 heavy (non-hydrogen) atoms.